The molecule has 0 unspecified atom stereocenters. The number of hydrogen-bond acceptors (Lipinski definition) is 3. The molecule has 0 amide bonds. The van der Waals surface area contributed by atoms with Gasteiger partial charge >= 0.3 is 0 Å². The average molecular weight is 283 g/mol. The summed E-state index contributed by atoms with van der Waals surface area (Å²) in [7, 11) is 1.97. The molecule has 1 aromatic carbocycles. The molecule has 0 bridgehead atoms. The van der Waals surface area contributed by atoms with Crippen LogP contribution in [-0.4, -0.2) is 19.3 Å². The van der Waals surface area contributed by atoms with Crippen LogP contribution in [0.2, 0.25) is 0 Å². The lowest BCUT2D eigenvalue weighted by Crippen LogP contribution is -2.17. The van der Waals surface area contributed by atoms with Gasteiger partial charge in [0.2, 0.25) is 0 Å². The molecule has 110 valence electrons. The van der Waals surface area contributed by atoms with Crippen molar-refractivity contribution >= 4 is 11.0 Å². The number of fused-ring (bicyclic) bond motifs is 1. The van der Waals surface area contributed by atoms with Crippen LogP contribution in [0.15, 0.2) is 30.5 Å². The molecule has 3 rings (SSSR count). The highest BCUT2D eigenvalue weighted by atomic mass is 15.3. The first-order valence-electron chi connectivity index (χ1n) is 7.33. The highest BCUT2D eigenvalue weighted by molar-refractivity contribution is 5.75. The fraction of sp³-hybridized carbons (Fsp3) is 0.375. The van der Waals surface area contributed by atoms with E-state index in [-0.39, 0.29) is 0 Å². The summed E-state index contributed by atoms with van der Waals surface area (Å²) in [4.78, 5) is 4.72. The van der Waals surface area contributed by atoms with Gasteiger partial charge in [-0.25, -0.2) is 4.98 Å². The molecule has 3 aromatic rings. The second-order valence-corrected chi connectivity index (χ2v) is 5.24. The van der Waals surface area contributed by atoms with Crippen LogP contribution in [-0.2, 0) is 26.7 Å². The molecule has 1 N–H and O–H groups in total. The molecule has 0 saturated heterocycles. The largest absolute Gasteiger partial charge is 0.327 e. The third-order valence-corrected chi connectivity index (χ3v) is 3.99. The first kappa shape index (κ1) is 13.8. The van der Waals surface area contributed by atoms with Crippen LogP contribution in [0.4, 0.5) is 0 Å². The zero-order valence-electron chi connectivity index (χ0n) is 12.8. The van der Waals surface area contributed by atoms with Crippen molar-refractivity contribution in [1.82, 2.24) is 24.6 Å². The maximum Gasteiger partial charge on any atom is 0.123 e. The van der Waals surface area contributed by atoms with Crippen molar-refractivity contribution in [3.05, 3.63) is 47.5 Å². The van der Waals surface area contributed by atoms with Gasteiger partial charge < -0.3 is 9.88 Å². The summed E-state index contributed by atoms with van der Waals surface area (Å²) in [6, 6.07) is 8.29. The van der Waals surface area contributed by atoms with Crippen molar-refractivity contribution in [3.8, 4) is 0 Å². The molecular formula is C16H21N5. The van der Waals surface area contributed by atoms with Gasteiger partial charge in [0.05, 0.1) is 23.8 Å². The Morgan fingerprint density at radius 2 is 2.00 bits per heavy atom. The van der Waals surface area contributed by atoms with E-state index in [0.717, 1.165) is 31.0 Å². The molecule has 5 nitrogen and oxygen atoms in total. The van der Waals surface area contributed by atoms with E-state index in [2.05, 4.69) is 47.0 Å². The Kier molecular flexibility index (Phi) is 3.75. The molecular weight excluding hydrogens is 262 g/mol. The average Bonchev–Trinajstić information content (AvgIpc) is 3.01. The summed E-state index contributed by atoms with van der Waals surface area (Å²) in [6.07, 6.45) is 1.92. The van der Waals surface area contributed by atoms with Gasteiger partial charge in [0.25, 0.3) is 0 Å². The Labute approximate surface area is 124 Å². The van der Waals surface area contributed by atoms with Gasteiger partial charge in [-0.1, -0.05) is 12.1 Å². The minimum atomic E-state index is 0.761. The molecule has 0 saturated carbocycles. The van der Waals surface area contributed by atoms with E-state index >= 15 is 0 Å². The van der Waals surface area contributed by atoms with E-state index in [1.54, 1.807) is 0 Å². The highest BCUT2D eigenvalue weighted by Gasteiger charge is 2.09. The van der Waals surface area contributed by atoms with Crippen molar-refractivity contribution in [2.75, 3.05) is 0 Å². The van der Waals surface area contributed by atoms with E-state index in [4.69, 9.17) is 4.98 Å². The molecule has 0 atom stereocenters. The predicted octanol–water partition coefficient (Wildman–Crippen LogP) is 2.39. The summed E-state index contributed by atoms with van der Waals surface area (Å²) >= 11 is 0. The van der Waals surface area contributed by atoms with Crippen LogP contribution in [0, 0.1) is 6.92 Å². The van der Waals surface area contributed by atoms with Gasteiger partial charge in [-0.05, 0) is 26.0 Å². The molecule has 2 heterocycles. The van der Waals surface area contributed by atoms with Crippen LogP contribution < -0.4 is 5.32 Å². The maximum atomic E-state index is 4.72. The number of nitrogens with zero attached hydrogens (tertiary/aromatic N) is 4. The number of hydrogen-bond donors (Lipinski definition) is 1. The number of nitrogens with one attached hydrogen (secondary N) is 1. The van der Waals surface area contributed by atoms with E-state index in [0.29, 0.717) is 0 Å². The third-order valence-electron chi connectivity index (χ3n) is 3.99. The van der Waals surface area contributed by atoms with Gasteiger partial charge in [-0.15, -0.1) is 0 Å². The van der Waals surface area contributed by atoms with E-state index < -0.39 is 0 Å². The lowest BCUT2D eigenvalue weighted by atomic mass is 10.2. The topological polar surface area (TPSA) is 47.7 Å². The smallest absolute Gasteiger partial charge is 0.123 e. The molecule has 0 radical (unpaired) electrons. The standard InChI is InChI=1S/C16H21N5/c1-4-21-15-8-6-5-7-14(15)19-16(21)11-17-9-13-10-18-20(3)12(13)2/h5-8,10,17H,4,9,11H2,1-3H3. The molecule has 0 aliphatic heterocycles. The van der Waals surface area contributed by atoms with Crippen molar-refractivity contribution in [3.63, 3.8) is 0 Å². The van der Waals surface area contributed by atoms with Crippen molar-refractivity contribution in [2.45, 2.75) is 33.5 Å². The Morgan fingerprint density at radius 1 is 1.19 bits per heavy atom. The normalized spacial score (nSPS) is 11.4. The van der Waals surface area contributed by atoms with Gasteiger partial charge in [0, 0.05) is 31.4 Å². The Hall–Kier alpha value is -2.14. The van der Waals surface area contributed by atoms with Crippen LogP contribution in [0.3, 0.4) is 0 Å². The Morgan fingerprint density at radius 3 is 2.71 bits per heavy atom. The van der Waals surface area contributed by atoms with Crippen molar-refractivity contribution in [2.24, 2.45) is 7.05 Å². The van der Waals surface area contributed by atoms with Crippen LogP contribution >= 0.6 is 0 Å². The third kappa shape index (κ3) is 2.56. The number of imidazole rings is 1. The Bertz CT molecular complexity index is 753. The highest BCUT2D eigenvalue weighted by Crippen LogP contribution is 2.16. The zero-order valence-corrected chi connectivity index (χ0v) is 12.8. The van der Waals surface area contributed by atoms with Crippen molar-refractivity contribution < 1.29 is 0 Å². The molecule has 0 aliphatic carbocycles. The summed E-state index contributed by atoms with van der Waals surface area (Å²) in [5.41, 5.74) is 4.70. The van der Waals surface area contributed by atoms with E-state index in [1.165, 1.54) is 16.8 Å². The number of benzene rings is 1. The number of para-hydroxylation sites is 2. The molecule has 0 spiro atoms. The Balaban J connectivity index is 1.74. The van der Waals surface area contributed by atoms with E-state index in [9.17, 15) is 0 Å². The summed E-state index contributed by atoms with van der Waals surface area (Å²) < 4.78 is 4.16. The van der Waals surface area contributed by atoms with Gasteiger partial charge in [0.15, 0.2) is 0 Å². The second-order valence-electron chi connectivity index (χ2n) is 5.24. The summed E-state index contributed by atoms with van der Waals surface area (Å²) in [5.74, 6) is 1.08. The quantitative estimate of drug-likeness (QED) is 0.782. The lowest BCUT2D eigenvalue weighted by molar-refractivity contribution is 0.618. The van der Waals surface area contributed by atoms with Crippen LogP contribution in [0.1, 0.15) is 24.0 Å². The SMILES string of the molecule is CCn1c(CNCc2cnn(C)c2C)nc2ccccc21. The molecule has 21 heavy (non-hydrogen) atoms. The van der Waals surface area contributed by atoms with Gasteiger partial charge in [0.1, 0.15) is 5.82 Å². The van der Waals surface area contributed by atoms with Gasteiger partial charge in [-0.2, -0.15) is 5.10 Å². The second kappa shape index (κ2) is 5.69. The van der Waals surface area contributed by atoms with Crippen LogP contribution in [0.5, 0.6) is 0 Å². The van der Waals surface area contributed by atoms with E-state index in [1.807, 2.05) is 24.0 Å². The predicted molar refractivity (Wildman–Crippen MR) is 83.9 cm³/mol. The zero-order chi connectivity index (χ0) is 14.8. The monoisotopic (exact) mass is 283 g/mol. The maximum absolute atomic E-state index is 4.72. The summed E-state index contributed by atoms with van der Waals surface area (Å²) in [5, 5.41) is 7.74. The first-order chi connectivity index (χ1) is 10.2. The number of aryl methyl sites for hydroxylation is 2. The van der Waals surface area contributed by atoms with Gasteiger partial charge in [-0.3, -0.25) is 4.68 Å². The minimum absolute atomic E-state index is 0.761. The number of rotatable bonds is 5. The number of aromatic nitrogens is 4. The lowest BCUT2D eigenvalue weighted by Gasteiger charge is -2.07. The molecule has 2 aromatic heterocycles. The minimum Gasteiger partial charge on any atom is -0.327 e. The van der Waals surface area contributed by atoms with Crippen molar-refractivity contribution in [1.29, 1.82) is 0 Å². The summed E-state index contributed by atoms with van der Waals surface area (Å²) in [6.45, 7) is 6.75. The first-order valence-corrected chi connectivity index (χ1v) is 7.33. The molecule has 0 aliphatic rings. The molecule has 5 heteroatoms. The van der Waals surface area contributed by atoms with Crippen LogP contribution in [0.25, 0.3) is 11.0 Å². The fourth-order valence-corrected chi connectivity index (χ4v) is 2.64. The fourth-order valence-electron chi connectivity index (χ4n) is 2.64. The molecule has 0 fully saturated rings.